The van der Waals surface area contributed by atoms with Crippen LogP contribution in [0.3, 0.4) is 0 Å². The summed E-state index contributed by atoms with van der Waals surface area (Å²) in [5, 5.41) is 7.37. The molecule has 3 rings (SSSR count). The van der Waals surface area contributed by atoms with E-state index in [0.717, 1.165) is 16.1 Å². The van der Waals surface area contributed by atoms with Crippen LogP contribution in [0.5, 0.6) is 0 Å². The summed E-state index contributed by atoms with van der Waals surface area (Å²) in [6, 6.07) is 7.42. The van der Waals surface area contributed by atoms with E-state index in [1.165, 1.54) is 11.3 Å². The summed E-state index contributed by atoms with van der Waals surface area (Å²) in [6.45, 7) is 0.500. The number of carbonyl (C=O) groups excluding carboxylic acids is 1. The molecule has 3 aromatic rings. The van der Waals surface area contributed by atoms with Crippen LogP contribution in [0.4, 0.5) is 0 Å². The summed E-state index contributed by atoms with van der Waals surface area (Å²) in [5.74, 6) is -0.106. The molecule has 118 valence electrons. The minimum Gasteiger partial charge on any atom is -0.336 e. The fourth-order valence-corrected chi connectivity index (χ4v) is 3.12. The molecule has 0 saturated carbocycles. The average Bonchev–Trinajstić information content (AvgIpc) is 3.16. The molecule has 1 amide bonds. The molecule has 0 N–H and O–H groups in total. The molecule has 5 nitrogen and oxygen atoms in total. The second kappa shape index (κ2) is 6.52. The molecule has 2 heterocycles. The summed E-state index contributed by atoms with van der Waals surface area (Å²) in [7, 11) is 3.61. The van der Waals surface area contributed by atoms with Crippen LogP contribution in [0.2, 0.25) is 5.02 Å². The second-order valence-corrected chi connectivity index (χ2v) is 6.52. The molecule has 23 heavy (non-hydrogen) atoms. The number of halogens is 1. The summed E-state index contributed by atoms with van der Waals surface area (Å²) >= 11 is 7.34. The van der Waals surface area contributed by atoms with Gasteiger partial charge in [0.05, 0.1) is 6.20 Å². The Bertz CT molecular complexity index is 825. The van der Waals surface area contributed by atoms with Crippen molar-refractivity contribution in [3.05, 3.63) is 58.3 Å². The standard InChI is InChI=1S/C16H15ClN4OS/c1-20(8-11-7-18-21(2)9-11)16(22)14-10-23-15(19-14)12-3-5-13(17)6-4-12/h3-7,9-10H,8H2,1-2H3. The van der Waals surface area contributed by atoms with Crippen molar-refractivity contribution >= 4 is 28.8 Å². The topological polar surface area (TPSA) is 51.0 Å². The molecule has 0 aliphatic heterocycles. The van der Waals surface area contributed by atoms with Crippen molar-refractivity contribution in [2.75, 3.05) is 7.05 Å². The van der Waals surface area contributed by atoms with Crippen molar-refractivity contribution in [3.63, 3.8) is 0 Å². The predicted octanol–water partition coefficient (Wildman–Crippen LogP) is 3.47. The number of nitrogens with zero attached hydrogens (tertiary/aromatic N) is 4. The summed E-state index contributed by atoms with van der Waals surface area (Å²) in [6.07, 6.45) is 3.65. The first-order chi connectivity index (χ1) is 11.0. The number of hydrogen-bond donors (Lipinski definition) is 0. The Labute approximate surface area is 143 Å². The zero-order valence-corrected chi connectivity index (χ0v) is 14.3. The lowest BCUT2D eigenvalue weighted by Crippen LogP contribution is -2.26. The average molecular weight is 347 g/mol. The Morgan fingerprint density at radius 1 is 1.35 bits per heavy atom. The maximum atomic E-state index is 12.5. The SMILES string of the molecule is CN(Cc1cnn(C)c1)C(=O)c1csc(-c2ccc(Cl)cc2)n1. The van der Waals surface area contributed by atoms with Crippen LogP contribution in [0.25, 0.3) is 10.6 Å². The lowest BCUT2D eigenvalue weighted by atomic mass is 10.2. The molecule has 0 unspecified atom stereocenters. The van der Waals surface area contributed by atoms with E-state index < -0.39 is 0 Å². The van der Waals surface area contributed by atoms with Crippen LogP contribution in [-0.4, -0.2) is 32.6 Å². The van der Waals surface area contributed by atoms with Crippen molar-refractivity contribution in [3.8, 4) is 10.6 Å². The molecular weight excluding hydrogens is 332 g/mol. The number of carbonyl (C=O) groups is 1. The number of benzene rings is 1. The molecule has 2 aromatic heterocycles. The zero-order valence-electron chi connectivity index (χ0n) is 12.7. The molecule has 0 radical (unpaired) electrons. The Kier molecular flexibility index (Phi) is 4.45. The Hall–Kier alpha value is -2.18. The molecule has 0 bridgehead atoms. The highest BCUT2D eigenvalue weighted by Gasteiger charge is 2.16. The van der Waals surface area contributed by atoms with E-state index in [-0.39, 0.29) is 5.91 Å². The van der Waals surface area contributed by atoms with Crippen LogP contribution in [0, 0.1) is 0 Å². The van der Waals surface area contributed by atoms with E-state index in [4.69, 9.17) is 11.6 Å². The lowest BCUT2D eigenvalue weighted by Gasteiger charge is -2.14. The van der Waals surface area contributed by atoms with E-state index in [0.29, 0.717) is 17.3 Å². The van der Waals surface area contributed by atoms with E-state index in [9.17, 15) is 4.79 Å². The number of rotatable bonds is 4. The first-order valence-electron chi connectivity index (χ1n) is 6.97. The fraction of sp³-hybridized carbons (Fsp3) is 0.188. The van der Waals surface area contributed by atoms with Gasteiger partial charge >= 0.3 is 0 Å². The quantitative estimate of drug-likeness (QED) is 0.726. The van der Waals surface area contributed by atoms with Crippen molar-refractivity contribution in [2.24, 2.45) is 7.05 Å². The number of hydrogen-bond acceptors (Lipinski definition) is 4. The zero-order chi connectivity index (χ0) is 16.4. The Morgan fingerprint density at radius 2 is 2.09 bits per heavy atom. The molecule has 0 fully saturated rings. The van der Waals surface area contributed by atoms with E-state index in [2.05, 4.69) is 10.1 Å². The second-order valence-electron chi connectivity index (χ2n) is 5.23. The number of aryl methyl sites for hydroxylation is 1. The normalized spacial score (nSPS) is 10.7. The minimum absolute atomic E-state index is 0.106. The third-order valence-corrected chi connectivity index (χ3v) is 4.48. The maximum absolute atomic E-state index is 12.5. The van der Waals surface area contributed by atoms with Gasteiger partial charge in [-0.05, 0) is 12.1 Å². The molecule has 0 spiro atoms. The number of aromatic nitrogens is 3. The first-order valence-corrected chi connectivity index (χ1v) is 8.23. The summed E-state index contributed by atoms with van der Waals surface area (Å²) < 4.78 is 1.72. The summed E-state index contributed by atoms with van der Waals surface area (Å²) in [5.41, 5.74) is 2.39. The van der Waals surface area contributed by atoms with Gasteiger partial charge in [-0.3, -0.25) is 9.48 Å². The van der Waals surface area contributed by atoms with E-state index in [1.807, 2.05) is 37.5 Å². The highest BCUT2D eigenvalue weighted by atomic mass is 35.5. The lowest BCUT2D eigenvalue weighted by molar-refractivity contribution is 0.0780. The molecule has 0 aliphatic carbocycles. The van der Waals surface area contributed by atoms with Crippen LogP contribution < -0.4 is 0 Å². The molecule has 0 aliphatic rings. The smallest absolute Gasteiger partial charge is 0.273 e. The van der Waals surface area contributed by atoms with Crippen molar-refractivity contribution < 1.29 is 4.79 Å². The van der Waals surface area contributed by atoms with Gasteiger partial charge < -0.3 is 4.90 Å². The molecule has 7 heteroatoms. The number of amides is 1. The third-order valence-electron chi connectivity index (χ3n) is 3.34. The highest BCUT2D eigenvalue weighted by Crippen LogP contribution is 2.25. The van der Waals surface area contributed by atoms with Gasteiger partial charge in [0.1, 0.15) is 10.7 Å². The van der Waals surface area contributed by atoms with Gasteiger partial charge in [0.15, 0.2) is 0 Å². The monoisotopic (exact) mass is 346 g/mol. The van der Waals surface area contributed by atoms with E-state index in [1.54, 1.807) is 28.2 Å². The van der Waals surface area contributed by atoms with Gasteiger partial charge in [0.2, 0.25) is 0 Å². The van der Waals surface area contributed by atoms with Gasteiger partial charge in [-0.1, -0.05) is 23.7 Å². The van der Waals surface area contributed by atoms with Crippen LogP contribution in [0.1, 0.15) is 16.1 Å². The first kappa shape index (κ1) is 15.7. The van der Waals surface area contributed by atoms with Gasteiger partial charge in [-0.15, -0.1) is 11.3 Å². The van der Waals surface area contributed by atoms with Gasteiger partial charge in [0, 0.05) is 48.4 Å². The maximum Gasteiger partial charge on any atom is 0.273 e. The highest BCUT2D eigenvalue weighted by molar-refractivity contribution is 7.13. The minimum atomic E-state index is -0.106. The predicted molar refractivity (Wildman–Crippen MR) is 91.6 cm³/mol. The van der Waals surface area contributed by atoms with E-state index >= 15 is 0 Å². The van der Waals surface area contributed by atoms with Gasteiger partial charge in [-0.2, -0.15) is 5.10 Å². The van der Waals surface area contributed by atoms with Crippen molar-refractivity contribution in [1.29, 1.82) is 0 Å². The number of thiazole rings is 1. The third kappa shape index (κ3) is 3.60. The molecule has 1 aromatic carbocycles. The Morgan fingerprint density at radius 3 is 2.74 bits per heavy atom. The fourth-order valence-electron chi connectivity index (χ4n) is 2.19. The van der Waals surface area contributed by atoms with Crippen LogP contribution in [-0.2, 0) is 13.6 Å². The van der Waals surface area contributed by atoms with Crippen molar-refractivity contribution in [2.45, 2.75) is 6.54 Å². The van der Waals surface area contributed by atoms with Crippen LogP contribution in [0.15, 0.2) is 42.0 Å². The van der Waals surface area contributed by atoms with Crippen LogP contribution >= 0.6 is 22.9 Å². The van der Waals surface area contributed by atoms with Gasteiger partial charge in [-0.25, -0.2) is 4.98 Å². The molecule has 0 saturated heterocycles. The molecule has 0 atom stereocenters. The van der Waals surface area contributed by atoms with Gasteiger partial charge in [0.25, 0.3) is 5.91 Å². The molecular formula is C16H15ClN4OS. The van der Waals surface area contributed by atoms with Crippen molar-refractivity contribution in [1.82, 2.24) is 19.7 Å². The largest absolute Gasteiger partial charge is 0.336 e. The summed E-state index contributed by atoms with van der Waals surface area (Å²) in [4.78, 5) is 18.6. The Balaban J connectivity index is 1.74.